The lowest BCUT2D eigenvalue weighted by Crippen LogP contribution is -2.45. The van der Waals surface area contributed by atoms with Crippen LogP contribution in [-0.2, 0) is 4.74 Å². The average molecular weight is 251 g/mol. The van der Waals surface area contributed by atoms with Crippen LogP contribution in [0, 0.1) is 17.8 Å². The third-order valence-electron chi connectivity index (χ3n) is 6.20. The maximum absolute atomic E-state index is 5.79. The van der Waals surface area contributed by atoms with E-state index in [1.54, 1.807) is 0 Å². The van der Waals surface area contributed by atoms with Crippen molar-refractivity contribution in [1.29, 1.82) is 0 Å². The molecular formula is C16H29NO. The SMILES string of the molecule is CNC(CC1CC2CCC1C2)CC1(OC)CCC1. The average Bonchev–Trinajstić information content (AvgIpc) is 2.94. The van der Waals surface area contributed by atoms with Crippen molar-refractivity contribution in [2.75, 3.05) is 14.2 Å². The summed E-state index contributed by atoms with van der Waals surface area (Å²) in [5.41, 5.74) is 0.227. The van der Waals surface area contributed by atoms with Gasteiger partial charge in [0.2, 0.25) is 0 Å². The molecule has 0 aromatic rings. The van der Waals surface area contributed by atoms with Crippen molar-refractivity contribution in [2.24, 2.45) is 17.8 Å². The van der Waals surface area contributed by atoms with Crippen molar-refractivity contribution < 1.29 is 4.74 Å². The molecule has 0 radical (unpaired) electrons. The van der Waals surface area contributed by atoms with Gasteiger partial charge in [0.1, 0.15) is 0 Å². The summed E-state index contributed by atoms with van der Waals surface area (Å²) in [5.74, 6) is 3.15. The Hall–Kier alpha value is -0.0800. The molecule has 0 saturated heterocycles. The predicted octanol–water partition coefficient (Wildman–Crippen LogP) is 3.36. The van der Waals surface area contributed by atoms with Crippen LogP contribution >= 0.6 is 0 Å². The maximum Gasteiger partial charge on any atom is 0.0693 e. The molecule has 104 valence electrons. The van der Waals surface area contributed by atoms with Gasteiger partial charge in [0, 0.05) is 13.2 Å². The fourth-order valence-corrected chi connectivity index (χ4v) is 4.85. The van der Waals surface area contributed by atoms with Gasteiger partial charge in [-0.25, -0.2) is 0 Å². The molecule has 3 aliphatic rings. The van der Waals surface area contributed by atoms with E-state index in [1.165, 1.54) is 57.8 Å². The van der Waals surface area contributed by atoms with E-state index in [0.717, 1.165) is 17.8 Å². The van der Waals surface area contributed by atoms with Gasteiger partial charge in [-0.3, -0.25) is 0 Å². The van der Waals surface area contributed by atoms with E-state index < -0.39 is 0 Å². The molecule has 0 amide bonds. The number of fused-ring (bicyclic) bond motifs is 2. The van der Waals surface area contributed by atoms with Crippen LogP contribution in [0.15, 0.2) is 0 Å². The second kappa shape index (κ2) is 5.13. The Kier molecular flexibility index (Phi) is 3.68. The van der Waals surface area contributed by atoms with Gasteiger partial charge in [0.05, 0.1) is 5.60 Å². The topological polar surface area (TPSA) is 21.3 Å². The molecular weight excluding hydrogens is 222 g/mol. The maximum atomic E-state index is 5.79. The van der Waals surface area contributed by atoms with Gasteiger partial charge in [-0.05, 0) is 76.2 Å². The van der Waals surface area contributed by atoms with E-state index in [9.17, 15) is 0 Å². The lowest BCUT2D eigenvalue weighted by molar-refractivity contribution is -0.0845. The normalized spacial score (nSPS) is 38.7. The van der Waals surface area contributed by atoms with Crippen molar-refractivity contribution in [1.82, 2.24) is 5.32 Å². The molecule has 3 fully saturated rings. The Balaban J connectivity index is 1.53. The zero-order valence-corrected chi connectivity index (χ0v) is 12.1. The molecule has 3 saturated carbocycles. The lowest BCUT2D eigenvalue weighted by atomic mass is 9.73. The highest BCUT2D eigenvalue weighted by Crippen LogP contribution is 2.50. The van der Waals surface area contributed by atoms with Crippen LogP contribution in [-0.4, -0.2) is 25.8 Å². The summed E-state index contributed by atoms with van der Waals surface area (Å²) in [6, 6.07) is 0.676. The van der Waals surface area contributed by atoms with Crippen LogP contribution in [0.5, 0.6) is 0 Å². The second-order valence-electron chi connectivity index (χ2n) is 7.10. The van der Waals surface area contributed by atoms with Crippen LogP contribution in [0.1, 0.15) is 57.8 Å². The summed E-state index contributed by atoms with van der Waals surface area (Å²) >= 11 is 0. The van der Waals surface area contributed by atoms with Crippen LogP contribution in [0.25, 0.3) is 0 Å². The Morgan fingerprint density at radius 2 is 2.11 bits per heavy atom. The summed E-state index contributed by atoms with van der Waals surface area (Å²) < 4.78 is 5.79. The first-order valence-electron chi connectivity index (χ1n) is 7.97. The fraction of sp³-hybridized carbons (Fsp3) is 1.00. The summed E-state index contributed by atoms with van der Waals surface area (Å²) in [5, 5.41) is 3.57. The zero-order valence-electron chi connectivity index (χ0n) is 12.1. The van der Waals surface area contributed by atoms with Gasteiger partial charge in [-0.15, -0.1) is 0 Å². The number of nitrogens with one attached hydrogen (secondary N) is 1. The van der Waals surface area contributed by atoms with E-state index in [1.807, 2.05) is 7.11 Å². The number of hydrogen-bond acceptors (Lipinski definition) is 2. The minimum atomic E-state index is 0.227. The van der Waals surface area contributed by atoms with Crippen molar-refractivity contribution in [3.8, 4) is 0 Å². The second-order valence-corrected chi connectivity index (χ2v) is 7.10. The third-order valence-corrected chi connectivity index (χ3v) is 6.20. The van der Waals surface area contributed by atoms with Gasteiger partial charge in [0.15, 0.2) is 0 Å². The van der Waals surface area contributed by atoms with E-state index >= 15 is 0 Å². The van der Waals surface area contributed by atoms with Crippen molar-refractivity contribution in [3.63, 3.8) is 0 Å². The molecule has 0 aromatic carbocycles. The Morgan fingerprint density at radius 3 is 2.56 bits per heavy atom. The molecule has 2 nitrogen and oxygen atoms in total. The number of hydrogen-bond donors (Lipinski definition) is 1. The minimum Gasteiger partial charge on any atom is -0.378 e. The number of ether oxygens (including phenoxy) is 1. The molecule has 1 N–H and O–H groups in total. The molecule has 4 atom stereocenters. The predicted molar refractivity (Wildman–Crippen MR) is 74.6 cm³/mol. The summed E-state index contributed by atoms with van der Waals surface area (Å²) in [6.45, 7) is 0. The number of methoxy groups -OCH3 is 1. The quantitative estimate of drug-likeness (QED) is 0.781. The molecule has 0 spiro atoms. The zero-order chi connectivity index (χ0) is 12.6. The first-order chi connectivity index (χ1) is 8.74. The van der Waals surface area contributed by atoms with E-state index in [4.69, 9.17) is 4.74 Å². The fourth-order valence-electron chi connectivity index (χ4n) is 4.85. The molecule has 3 rings (SSSR count). The minimum absolute atomic E-state index is 0.227. The summed E-state index contributed by atoms with van der Waals surface area (Å²) in [7, 11) is 4.04. The molecule has 0 heterocycles. The Bertz CT molecular complexity index is 281. The van der Waals surface area contributed by atoms with Crippen LogP contribution < -0.4 is 5.32 Å². The Labute approximate surface area is 112 Å². The van der Waals surface area contributed by atoms with Crippen molar-refractivity contribution in [3.05, 3.63) is 0 Å². The lowest BCUT2D eigenvalue weighted by Gasteiger charge is -2.43. The van der Waals surface area contributed by atoms with Gasteiger partial charge in [-0.2, -0.15) is 0 Å². The standard InChI is InChI=1S/C16H29NO/c1-17-15(11-16(18-2)6-3-7-16)10-14-9-12-4-5-13(14)8-12/h12-15,17H,3-11H2,1-2H3. The van der Waals surface area contributed by atoms with Gasteiger partial charge in [0.25, 0.3) is 0 Å². The molecule has 2 heteroatoms. The van der Waals surface area contributed by atoms with Crippen LogP contribution in [0.4, 0.5) is 0 Å². The first-order valence-corrected chi connectivity index (χ1v) is 7.97. The monoisotopic (exact) mass is 251 g/mol. The Morgan fingerprint density at radius 1 is 1.28 bits per heavy atom. The highest BCUT2D eigenvalue weighted by Gasteiger charge is 2.43. The van der Waals surface area contributed by atoms with Gasteiger partial charge in [-0.1, -0.05) is 6.42 Å². The van der Waals surface area contributed by atoms with Crippen molar-refractivity contribution in [2.45, 2.75) is 69.4 Å². The van der Waals surface area contributed by atoms with E-state index in [0.29, 0.717) is 6.04 Å². The van der Waals surface area contributed by atoms with Crippen LogP contribution in [0.2, 0.25) is 0 Å². The highest BCUT2D eigenvalue weighted by molar-refractivity contribution is 4.96. The van der Waals surface area contributed by atoms with Crippen LogP contribution in [0.3, 0.4) is 0 Å². The molecule has 0 aliphatic heterocycles. The largest absolute Gasteiger partial charge is 0.378 e. The summed E-state index contributed by atoms with van der Waals surface area (Å²) in [4.78, 5) is 0. The van der Waals surface area contributed by atoms with E-state index in [2.05, 4.69) is 12.4 Å². The molecule has 4 unspecified atom stereocenters. The first kappa shape index (κ1) is 12.9. The van der Waals surface area contributed by atoms with Gasteiger partial charge < -0.3 is 10.1 Å². The molecule has 18 heavy (non-hydrogen) atoms. The smallest absolute Gasteiger partial charge is 0.0693 e. The van der Waals surface area contributed by atoms with Crippen molar-refractivity contribution >= 4 is 0 Å². The molecule has 0 aromatic heterocycles. The number of rotatable bonds is 6. The third kappa shape index (κ3) is 2.34. The summed E-state index contributed by atoms with van der Waals surface area (Å²) in [6.07, 6.45) is 12.6. The highest BCUT2D eigenvalue weighted by atomic mass is 16.5. The molecule has 3 aliphatic carbocycles. The van der Waals surface area contributed by atoms with Gasteiger partial charge >= 0.3 is 0 Å². The van der Waals surface area contributed by atoms with E-state index in [-0.39, 0.29) is 5.60 Å². The molecule has 2 bridgehead atoms.